The maximum absolute atomic E-state index is 12.2. The number of rotatable bonds is 3. The van der Waals surface area contributed by atoms with E-state index in [9.17, 15) is 4.79 Å². The van der Waals surface area contributed by atoms with Crippen molar-refractivity contribution in [2.45, 2.75) is 38.1 Å². The topological polar surface area (TPSA) is 55.6 Å². The predicted octanol–water partition coefficient (Wildman–Crippen LogP) is 2.14. The molecule has 2 rings (SSSR count). The largest absolute Gasteiger partial charge is 0.496 e. The molecular weight excluding hydrogens is 252 g/mol. The smallest absolute Gasteiger partial charge is 0.242 e. The molecule has 1 aliphatic heterocycles. The minimum Gasteiger partial charge on any atom is -0.496 e. The fourth-order valence-electron chi connectivity index (χ4n) is 2.80. The van der Waals surface area contributed by atoms with E-state index in [1.165, 1.54) is 5.56 Å². The lowest BCUT2D eigenvalue weighted by atomic mass is 9.88. The van der Waals surface area contributed by atoms with Gasteiger partial charge in [-0.3, -0.25) is 4.79 Å². The van der Waals surface area contributed by atoms with Gasteiger partial charge in [-0.25, -0.2) is 0 Å². The van der Waals surface area contributed by atoms with E-state index in [-0.39, 0.29) is 5.91 Å². The van der Waals surface area contributed by atoms with E-state index in [0.717, 1.165) is 31.7 Å². The van der Waals surface area contributed by atoms with Crippen LogP contribution in [0.2, 0.25) is 0 Å². The maximum Gasteiger partial charge on any atom is 0.242 e. The number of piperidine rings is 1. The van der Waals surface area contributed by atoms with Gasteiger partial charge in [0.1, 0.15) is 5.75 Å². The highest BCUT2D eigenvalue weighted by Gasteiger charge is 2.31. The Balaban J connectivity index is 2.03. The minimum atomic E-state index is -0.780. The Hall–Kier alpha value is -1.55. The molecule has 0 aliphatic carbocycles. The van der Waals surface area contributed by atoms with Crippen LogP contribution in [0.4, 0.5) is 0 Å². The van der Waals surface area contributed by atoms with Gasteiger partial charge in [-0.15, -0.1) is 0 Å². The zero-order valence-electron chi connectivity index (χ0n) is 12.6. The fourth-order valence-corrected chi connectivity index (χ4v) is 2.80. The molecule has 0 aromatic heterocycles. The van der Waals surface area contributed by atoms with Crippen LogP contribution in [0.15, 0.2) is 24.3 Å². The number of amides is 1. The highest BCUT2D eigenvalue weighted by Crippen LogP contribution is 2.34. The number of ether oxygens (including phenoxy) is 1. The van der Waals surface area contributed by atoms with Gasteiger partial charge in [0.25, 0.3) is 0 Å². The zero-order valence-corrected chi connectivity index (χ0v) is 12.6. The van der Waals surface area contributed by atoms with Gasteiger partial charge in [-0.2, -0.15) is 0 Å². The monoisotopic (exact) mass is 276 g/mol. The molecule has 1 amide bonds. The number of benzene rings is 1. The molecule has 1 aromatic carbocycles. The van der Waals surface area contributed by atoms with E-state index in [0.29, 0.717) is 5.92 Å². The molecule has 0 bridgehead atoms. The first-order valence-corrected chi connectivity index (χ1v) is 7.14. The molecule has 1 saturated heterocycles. The van der Waals surface area contributed by atoms with Crippen molar-refractivity contribution in [3.63, 3.8) is 0 Å². The summed E-state index contributed by atoms with van der Waals surface area (Å²) < 4.78 is 5.43. The molecule has 1 aliphatic rings. The van der Waals surface area contributed by atoms with Gasteiger partial charge in [0.15, 0.2) is 0 Å². The SMILES string of the molecule is COc1ccccc1C1CCN(C(=O)C(C)(C)N)CC1. The molecule has 0 atom stereocenters. The number of hydrogen-bond donors (Lipinski definition) is 1. The Morgan fingerprint density at radius 1 is 1.30 bits per heavy atom. The molecule has 1 heterocycles. The molecule has 110 valence electrons. The number of para-hydroxylation sites is 1. The van der Waals surface area contributed by atoms with E-state index in [4.69, 9.17) is 10.5 Å². The van der Waals surface area contributed by atoms with Crippen LogP contribution >= 0.6 is 0 Å². The fraction of sp³-hybridized carbons (Fsp3) is 0.562. The number of hydrogen-bond acceptors (Lipinski definition) is 3. The van der Waals surface area contributed by atoms with Crippen molar-refractivity contribution in [1.29, 1.82) is 0 Å². The lowest BCUT2D eigenvalue weighted by Gasteiger charge is -2.36. The van der Waals surface area contributed by atoms with Gasteiger partial charge in [-0.05, 0) is 44.2 Å². The highest BCUT2D eigenvalue weighted by atomic mass is 16.5. The average Bonchev–Trinajstić information content (AvgIpc) is 2.45. The Kier molecular flexibility index (Phi) is 4.33. The van der Waals surface area contributed by atoms with Crippen LogP contribution in [0.3, 0.4) is 0 Å². The molecule has 4 heteroatoms. The first kappa shape index (κ1) is 14.9. The van der Waals surface area contributed by atoms with Crippen LogP contribution < -0.4 is 10.5 Å². The molecular formula is C16H24N2O2. The molecule has 1 aromatic rings. The number of carbonyl (C=O) groups is 1. The summed E-state index contributed by atoms with van der Waals surface area (Å²) in [4.78, 5) is 14.0. The molecule has 0 spiro atoms. The molecule has 20 heavy (non-hydrogen) atoms. The van der Waals surface area contributed by atoms with Gasteiger partial charge < -0.3 is 15.4 Å². The molecule has 0 saturated carbocycles. The number of nitrogens with zero attached hydrogens (tertiary/aromatic N) is 1. The van der Waals surface area contributed by atoms with Crippen LogP contribution in [0.5, 0.6) is 5.75 Å². The van der Waals surface area contributed by atoms with Gasteiger partial charge >= 0.3 is 0 Å². The molecule has 2 N–H and O–H groups in total. The second-order valence-electron chi connectivity index (χ2n) is 6.03. The number of methoxy groups -OCH3 is 1. The van der Waals surface area contributed by atoms with Crippen molar-refractivity contribution in [3.05, 3.63) is 29.8 Å². The third kappa shape index (κ3) is 3.12. The van der Waals surface area contributed by atoms with E-state index >= 15 is 0 Å². The summed E-state index contributed by atoms with van der Waals surface area (Å²) in [6, 6.07) is 8.14. The van der Waals surface area contributed by atoms with Gasteiger partial charge in [0.2, 0.25) is 5.91 Å². The second-order valence-corrected chi connectivity index (χ2v) is 6.03. The minimum absolute atomic E-state index is 0.0379. The van der Waals surface area contributed by atoms with Crippen molar-refractivity contribution < 1.29 is 9.53 Å². The lowest BCUT2D eigenvalue weighted by molar-refractivity contribution is -0.136. The third-order valence-corrected chi connectivity index (χ3v) is 3.91. The van der Waals surface area contributed by atoms with Crippen molar-refractivity contribution in [1.82, 2.24) is 4.90 Å². The van der Waals surface area contributed by atoms with E-state index in [1.807, 2.05) is 23.1 Å². The first-order chi connectivity index (χ1) is 9.43. The van der Waals surface area contributed by atoms with Crippen molar-refractivity contribution in [2.24, 2.45) is 5.73 Å². The lowest BCUT2D eigenvalue weighted by Crippen LogP contribution is -2.53. The second kappa shape index (κ2) is 5.83. The van der Waals surface area contributed by atoms with Gasteiger partial charge in [0, 0.05) is 13.1 Å². The quantitative estimate of drug-likeness (QED) is 0.920. The summed E-state index contributed by atoms with van der Waals surface area (Å²) in [5, 5.41) is 0. The van der Waals surface area contributed by atoms with E-state index in [1.54, 1.807) is 21.0 Å². The number of nitrogens with two attached hydrogens (primary N) is 1. The molecule has 4 nitrogen and oxygen atoms in total. The number of likely N-dealkylation sites (tertiary alicyclic amines) is 1. The molecule has 1 fully saturated rings. The van der Waals surface area contributed by atoms with E-state index < -0.39 is 5.54 Å². The molecule has 0 unspecified atom stereocenters. The van der Waals surface area contributed by atoms with Crippen LogP contribution in [-0.2, 0) is 4.79 Å². The maximum atomic E-state index is 12.2. The third-order valence-electron chi connectivity index (χ3n) is 3.91. The standard InChI is InChI=1S/C16H24N2O2/c1-16(2,17)15(19)18-10-8-12(9-11-18)13-6-4-5-7-14(13)20-3/h4-7,12H,8-11,17H2,1-3H3. The Morgan fingerprint density at radius 2 is 1.90 bits per heavy atom. The summed E-state index contributed by atoms with van der Waals surface area (Å²) >= 11 is 0. The predicted molar refractivity (Wildman–Crippen MR) is 79.8 cm³/mol. The Labute approximate surface area is 120 Å². The van der Waals surface area contributed by atoms with Crippen molar-refractivity contribution in [3.8, 4) is 5.75 Å². The normalized spacial score (nSPS) is 17.1. The summed E-state index contributed by atoms with van der Waals surface area (Å²) in [6.07, 6.45) is 1.92. The van der Waals surface area contributed by atoms with Gasteiger partial charge in [0.05, 0.1) is 12.6 Å². The summed E-state index contributed by atoms with van der Waals surface area (Å²) in [5.74, 6) is 1.43. The average molecular weight is 276 g/mol. The van der Waals surface area contributed by atoms with Crippen LogP contribution in [-0.4, -0.2) is 36.5 Å². The highest BCUT2D eigenvalue weighted by molar-refractivity contribution is 5.85. The summed E-state index contributed by atoms with van der Waals surface area (Å²) in [5.41, 5.74) is 6.35. The summed E-state index contributed by atoms with van der Waals surface area (Å²) in [6.45, 7) is 5.06. The number of carbonyl (C=O) groups excluding carboxylic acids is 1. The van der Waals surface area contributed by atoms with Gasteiger partial charge in [-0.1, -0.05) is 18.2 Å². The van der Waals surface area contributed by atoms with Crippen molar-refractivity contribution >= 4 is 5.91 Å². The van der Waals surface area contributed by atoms with Crippen LogP contribution in [0.1, 0.15) is 38.2 Å². The van der Waals surface area contributed by atoms with Crippen LogP contribution in [0, 0.1) is 0 Å². The zero-order chi connectivity index (χ0) is 14.8. The molecule has 0 radical (unpaired) electrons. The summed E-state index contributed by atoms with van der Waals surface area (Å²) in [7, 11) is 1.70. The Bertz CT molecular complexity index is 472. The van der Waals surface area contributed by atoms with E-state index in [2.05, 4.69) is 6.07 Å². The first-order valence-electron chi connectivity index (χ1n) is 7.14. The van der Waals surface area contributed by atoms with Crippen LogP contribution in [0.25, 0.3) is 0 Å². The van der Waals surface area contributed by atoms with Crippen molar-refractivity contribution in [2.75, 3.05) is 20.2 Å². The Morgan fingerprint density at radius 3 is 2.45 bits per heavy atom.